The zero-order valence-corrected chi connectivity index (χ0v) is 12.0. The van der Waals surface area contributed by atoms with Crippen molar-refractivity contribution in [2.45, 2.75) is 53.5 Å². The van der Waals surface area contributed by atoms with E-state index in [1.54, 1.807) is 0 Å². The lowest BCUT2D eigenvalue weighted by atomic mass is 9.90. The number of anilines is 1. The van der Waals surface area contributed by atoms with Crippen molar-refractivity contribution in [1.29, 1.82) is 0 Å². The van der Waals surface area contributed by atoms with Gasteiger partial charge in [-0.1, -0.05) is 36.8 Å². The maximum Gasteiger partial charge on any atom is 0.0529 e. The van der Waals surface area contributed by atoms with Crippen molar-refractivity contribution >= 4 is 5.69 Å². The summed E-state index contributed by atoms with van der Waals surface area (Å²) in [5.74, 6) is 0. The first kappa shape index (κ1) is 13.8. The van der Waals surface area contributed by atoms with Crippen molar-refractivity contribution in [3.05, 3.63) is 41.0 Å². The molecule has 17 heavy (non-hydrogen) atoms. The molecule has 1 nitrogen and oxygen atoms in total. The molecule has 1 N–H and O–H groups in total. The number of rotatable bonds is 4. The largest absolute Gasteiger partial charge is 0.376 e. The molecule has 0 bridgehead atoms. The highest BCUT2D eigenvalue weighted by Crippen LogP contribution is 2.28. The second-order valence-corrected chi connectivity index (χ2v) is 5.18. The van der Waals surface area contributed by atoms with Crippen molar-refractivity contribution in [3.8, 4) is 0 Å². The topological polar surface area (TPSA) is 12.0 Å². The summed E-state index contributed by atoms with van der Waals surface area (Å²) in [5.41, 5.74) is 5.35. The Morgan fingerprint density at radius 1 is 1.24 bits per heavy atom. The molecule has 1 heteroatoms. The molecule has 94 valence electrons. The Morgan fingerprint density at radius 3 is 2.18 bits per heavy atom. The van der Waals surface area contributed by atoms with Gasteiger partial charge in [-0.25, -0.2) is 0 Å². The monoisotopic (exact) mass is 231 g/mol. The Balaban J connectivity index is 3.05. The molecule has 0 saturated carbocycles. The van der Waals surface area contributed by atoms with E-state index >= 15 is 0 Å². The molecule has 0 heterocycles. The Kier molecular flexibility index (Phi) is 4.39. The first-order valence-corrected chi connectivity index (χ1v) is 6.42. The van der Waals surface area contributed by atoms with Gasteiger partial charge in [0.1, 0.15) is 0 Å². The predicted molar refractivity (Wildman–Crippen MR) is 77.7 cm³/mol. The third-order valence-corrected chi connectivity index (χ3v) is 3.45. The lowest BCUT2D eigenvalue weighted by Crippen LogP contribution is -2.33. The zero-order chi connectivity index (χ0) is 13.1. The first-order chi connectivity index (χ1) is 7.92. The lowest BCUT2D eigenvalue weighted by molar-refractivity contribution is 0.638. The summed E-state index contributed by atoms with van der Waals surface area (Å²) in [6, 6.07) is 6.43. The Morgan fingerprint density at radius 2 is 1.76 bits per heavy atom. The van der Waals surface area contributed by atoms with Gasteiger partial charge in [0.25, 0.3) is 0 Å². The molecule has 0 aliphatic rings. The maximum atomic E-state index is 3.69. The summed E-state index contributed by atoms with van der Waals surface area (Å²) in [6.45, 7) is 13.1. The second kappa shape index (κ2) is 5.39. The van der Waals surface area contributed by atoms with Crippen LogP contribution < -0.4 is 5.32 Å². The van der Waals surface area contributed by atoms with Crippen LogP contribution in [0, 0.1) is 13.8 Å². The predicted octanol–water partition coefficient (Wildman–Crippen LogP) is 4.85. The van der Waals surface area contributed by atoms with E-state index in [9.17, 15) is 0 Å². The van der Waals surface area contributed by atoms with E-state index in [1.165, 1.54) is 22.4 Å². The molecule has 0 fully saturated rings. The fourth-order valence-electron chi connectivity index (χ4n) is 2.41. The summed E-state index contributed by atoms with van der Waals surface area (Å²) in [5, 5.41) is 3.69. The highest BCUT2D eigenvalue weighted by Gasteiger charge is 2.22. The molecule has 0 radical (unpaired) electrons. The van der Waals surface area contributed by atoms with Crippen LogP contribution in [0.4, 0.5) is 5.69 Å². The minimum Gasteiger partial charge on any atom is -0.376 e. The molecule has 1 aromatic carbocycles. The third kappa shape index (κ3) is 3.12. The summed E-state index contributed by atoms with van der Waals surface area (Å²) in [4.78, 5) is 0. The number of hydrogen-bond donors (Lipinski definition) is 1. The fourth-order valence-corrected chi connectivity index (χ4v) is 2.41. The highest BCUT2D eigenvalue weighted by atomic mass is 15.0. The van der Waals surface area contributed by atoms with Gasteiger partial charge in [-0.15, -0.1) is 0 Å². The molecule has 0 unspecified atom stereocenters. The summed E-state index contributed by atoms with van der Waals surface area (Å²) >= 11 is 0. The molecular formula is C16H25N. The first-order valence-electron chi connectivity index (χ1n) is 6.42. The number of hydrogen-bond acceptors (Lipinski definition) is 1. The normalized spacial score (nSPS) is 12.7. The molecule has 0 aliphatic carbocycles. The van der Waals surface area contributed by atoms with E-state index in [1.807, 2.05) is 0 Å². The summed E-state index contributed by atoms with van der Waals surface area (Å²) < 4.78 is 0. The van der Waals surface area contributed by atoms with E-state index in [0.29, 0.717) is 0 Å². The number of aryl methyl sites for hydroxylation is 2. The van der Waals surface area contributed by atoms with Gasteiger partial charge in [0.05, 0.1) is 5.54 Å². The Hall–Kier alpha value is -1.24. The van der Waals surface area contributed by atoms with Crippen molar-refractivity contribution in [2.24, 2.45) is 0 Å². The second-order valence-electron chi connectivity index (χ2n) is 5.18. The van der Waals surface area contributed by atoms with Gasteiger partial charge in [-0.3, -0.25) is 0 Å². The summed E-state index contributed by atoms with van der Waals surface area (Å²) in [6.07, 6.45) is 3.31. The van der Waals surface area contributed by atoms with Crippen LogP contribution in [0.25, 0.3) is 0 Å². The average Bonchev–Trinajstić information content (AvgIpc) is 2.25. The summed E-state index contributed by atoms with van der Waals surface area (Å²) in [7, 11) is 0. The zero-order valence-electron chi connectivity index (χ0n) is 12.0. The van der Waals surface area contributed by atoms with Crippen LogP contribution in [-0.4, -0.2) is 5.54 Å². The van der Waals surface area contributed by atoms with Crippen LogP contribution in [0.3, 0.4) is 0 Å². The smallest absolute Gasteiger partial charge is 0.0529 e. The van der Waals surface area contributed by atoms with Gasteiger partial charge in [0.2, 0.25) is 0 Å². The standard InChI is InChI=1S/C16H25N/c1-7-14(8-2)16(5,6)17-15-12(3)10-9-11-13(15)4/h7,9-11,17H,8H2,1-6H3/b14-7-. The SMILES string of the molecule is C/C=C(/CC)C(C)(C)Nc1c(C)cccc1C. The van der Waals surface area contributed by atoms with Crippen molar-refractivity contribution in [1.82, 2.24) is 0 Å². The van der Waals surface area contributed by atoms with E-state index in [4.69, 9.17) is 0 Å². The molecule has 0 aromatic heterocycles. The molecule has 0 saturated heterocycles. The highest BCUT2D eigenvalue weighted by molar-refractivity contribution is 5.59. The van der Waals surface area contributed by atoms with Gasteiger partial charge < -0.3 is 5.32 Å². The Bertz CT molecular complexity index is 393. The van der Waals surface area contributed by atoms with E-state index in [0.717, 1.165) is 6.42 Å². The number of para-hydroxylation sites is 1. The third-order valence-electron chi connectivity index (χ3n) is 3.45. The van der Waals surface area contributed by atoms with Gasteiger partial charge >= 0.3 is 0 Å². The fraction of sp³-hybridized carbons (Fsp3) is 0.500. The van der Waals surface area contributed by atoms with Gasteiger partial charge in [0, 0.05) is 5.69 Å². The van der Waals surface area contributed by atoms with Crippen LogP contribution in [0.1, 0.15) is 45.2 Å². The van der Waals surface area contributed by atoms with E-state index in [2.05, 4.69) is 71.1 Å². The maximum absolute atomic E-state index is 3.69. The van der Waals surface area contributed by atoms with Gasteiger partial charge in [-0.2, -0.15) is 0 Å². The minimum absolute atomic E-state index is 0.0143. The van der Waals surface area contributed by atoms with Gasteiger partial charge in [-0.05, 0) is 52.2 Å². The van der Waals surface area contributed by atoms with Crippen LogP contribution in [0.5, 0.6) is 0 Å². The van der Waals surface area contributed by atoms with Crippen LogP contribution in [0.2, 0.25) is 0 Å². The van der Waals surface area contributed by atoms with E-state index in [-0.39, 0.29) is 5.54 Å². The molecule has 1 aromatic rings. The molecule has 0 aliphatic heterocycles. The quantitative estimate of drug-likeness (QED) is 0.730. The number of nitrogens with one attached hydrogen (secondary N) is 1. The lowest BCUT2D eigenvalue weighted by Gasteiger charge is -2.32. The molecule has 0 atom stereocenters. The van der Waals surface area contributed by atoms with Crippen LogP contribution >= 0.6 is 0 Å². The average molecular weight is 231 g/mol. The number of benzene rings is 1. The van der Waals surface area contributed by atoms with Crippen LogP contribution in [0.15, 0.2) is 29.8 Å². The molecule has 0 spiro atoms. The molecule has 0 amide bonds. The molecule has 1 rings (SSSR count). The van der Waals surface area contributed by atoms with Gasteiger partial charge in [0.15, 0.2) is 0 Å². The number of allylic oxidation sites excluding steroid dienone is 1. The van der Waals surface area contributed by atoms with Crippen LogP contribution in [-0.2, 0) is 0 Å². The Labute approximate surface area is 106 Å². The van der Waals surface area contributed by atoms with Crippen molar-refractivity contribution < 1.29 is 0 Å². The van der Waals surface area contributed by atoms with Crippen molar-refractivity contribution in [2.75, 3.05) is 5.32 Å². The minimum atomic E-state index is 0.0143. The molecular weight excluding hydrogens is 206 g/mol. The van der Waals surface area contributed by atoms with E-state index < -0.39 is 0 Å². The van der Waals surface area contributed by atoms with Crippen molar-refractivity contribution in [3.63, 3.8) is 0 Å².